The van der Waals surface area contributed by atoms with Gasteiger partial charge in [0.15, 0.2) is 11.8 Å². The van der Waals surface area contributed by atoms with Gasteiger partial charge in [-0.25, -0.2) is 4.57 Å². The smallest absolute Gasteiger partial charge is 0.265 e. The highest BCUT2D eigenvalue weighted by Crippen LogP contribution is 2.23. The molecule has 16 heavy (non-hydrogen) atoms. The highest BCUT2D eigenvalue weighted by molar-refractivity contribution is 5.82. The minimum absolute atomic E-state index is 0.0119. The van der Waals surface area contributed by atoms with Crippen LogP contribution in [0.3, 0.4) is 0 Å². The molecule has 2 rings (SSSR count). The first kappa shape index (κ1) is 11.3. The summed E-state index contributed by atoms with van der Waals surface area (Å²) in [5, 5.41) is 4.30. The van der Waals surface area contributed by atoms with Gasteiger partial charge in [0, 0.05) is 11.5 Å². The molecule has 0 radical (unpaired) electrons. The fraction of sp³-hybridized carbons (Fsp3) is 0.750. The molecule has 1 aliphatic carbocycles. The topological polar surface area (TPSA) is 38.8 Å². The van der Waals surface area contributed by atoms with E-state index >= 15 is 0 Å². The zero-order chi connectivity index (χ0) is 11.5. The van der Waals surface area contributed by atoms with Crippen molar-refractivity contribution in [2.75, 3.05) is 0 Å². The Balaban J connectivity index is 2.08. The van der Waals surface area contributed by atoms with E-state index in [4.69, 9.17) is 0 Å². The number of hydrogen-bond acceptors (Lipinski definition) is 2. The quantitative estimate of drug-likeness (QED) is 0.727. The van der Waals surface area contributed by atoms with Crippen molar-refractivity contribution < 1.29 is 9.36 Å². The molecule has 1 unspecified atom stereocenters. The van der Waals surface area contributed by atoms with Crippen LogP contribution in [0.15, 0.2) is 12.7 Å². The molecule has 1 aliphatic rings. The summed E-state index contributed by atoms with van der Waals surface area (Å²) in [6.07, 6.45) is 7.63. The SMILES string of the molecule is CC(C)C[n+]1cnn(C2CCCCC2=O)c1. The van der Waals surface area contributed by atoms with Crippen LogP contribution in [-0.4, -0.2) is 15.6 Å². The molecule has 0 aliphatic heterocycles. The fourth-order valence-corrected chi connectivity index (χ4v) is 2.26. The number of carbonyl (C=O) groups is 1. The summed E-state index contributed by atoms with van der Waals surface area (Å²) in [7, 11) is 0. The lowest BCUT2D eigenvalue weighted by Gasteiger charge is -2.15. The molecular weight excluding hydrogens is 202 g/mol. The summed E-state index contributed by atoms with van der Waals surface area (Å²) in [6, 6.07) is -0.0119. The first-order valence-electron chi connectivity index (χ1n) is 6.12. The molecule has 0 N–H and O–H groups in total. The van der Waals surface area contributed by atoms with Crippen molar-refractivity contribution >= 4 is 5.78 Å². The van der Waals surface area contributed by atoms with E-state index in [1.807, 2.05) is 17.3 Å². The van der Waals surface area contributed by atoms with Crippen LogP contribution in [0.1, 0.15) is 45.6 Å². The molecule has 0 aromatic carbocycles. The lowest BCUT2D eigenvalue weighted by atomic mass is 9.94. The van der Waals surface area contributed by atoms with Crippen molar-refractivity contribution in [2.45, 2.75) is 52.1 Å². The Morgan fingerprint density at radius 1 is 1.56 bits per heavy atom. The molecule has 1 fully saturated rings. The van der Waals surface area contributed by atoms with Gasteiger partial charge in [-0.2, -0.15) is 0 Å². The van der Waals surface area contributed by atoms with Crippen molar-refractivity contribution in [3.05, 3.63) is 12.7 Å². The average Bonchev–Trinajstić information content (AvgIpc) is 2.66. The van der Waals surface area contributed by atoms with Gasteiger partial charge in [0.2, 0.25) is 6.33 Å². The standard InChI is InChI=1S/C12H20N3O/c1-10(2)7-14-8-13-15(9-14)11-5-3-4-6-12(11)16/h8-11H,3-7H2,1-2H3/q+1. The monoisotopic (exact) mass is 222 g/mol. The van der Waals surface area contributed by atoms with Gasteiger partial charge in [0.1, 0.15) is 0 Å². The Morgan fingerprint density at radius 2 is 2.38 bits per heavy atom. The van der Waals surface area contributed by atoms with E-state index in [-0.39, 0.29) is 6.04 Å². The number of rotatable bonds is 3. The Bertz CT molecular complexity index is 370. The Hall–Kier alpha value is -1.19. The predicted octanol–water partition coefficient (Wildman–Crippen LogP) is 1.51. The molecule has 1 aromatic rings. The molecule has 4 nitrogen and oxygen atoms in total. The second kappa shape index (κ2) is 4.76. The minimum atomic E-state index is -0.0119. The second-order valence-corrected chi connectivity index (χ2v) is 5.04. The van der Waals surface area contributed by atoms with Crippen LogP contribution in [0.2, 0.25) is 0 Å². The summed E-state index contributed by atoms with van der Waals surface area (Å²) in [6.45, 7) is 5.31. The predicted molar refractivity (Wildman–Crippen MR) is 59.8 cm³/mol. The maximum Gasteiger partial charge on any atom is 0.265 e. The lowest BCUT2D eigenvalue weighted by molar-refractivity contribution is -0.703. The van der Waals surface area contributed by atoms with Crippen LogP contribution in [0, 0.1) is 5.92 Å². The number of nitrogens with zero attached hydrogens (tertiary/aromatic N) is 3. The third kappa shape index (κ3) is 2.49. The summed E-state index contributed by atoms with van der Waals surface area (Å²) in [4.78, 5) is 11.8. The molecule has 0 bridgehead atoms. The Labute approximate surface area is 96.3 Å². The highest BCUT2D eigenvalue weighted by atomic mass is 16.1. The van der Waals surface area contributed by atoms with Crippen molar-refractivity contribution in [1.82, 2.24) is 9.78 Å². The number of aromatic nitrogens is 3. The second-order valence-electron chi connectivity index (χ2n) is 5.04. The van der Waals surface area contributed by atoms with E-state index < -0.39 is 0 Å². The molecule has 1 aromatic heterocycles. The number of Topliss-reactive ketones (excluding diaryl/α,β-unsaturated/α-hetero) is 1. The molecule has 0 saturated heterocycles. The Kier molecular flexibility index (Phi) is 3.36. The van der Waals surface area contributed by atoms with Crippen LogP contribution in [0.5, 0.6) is 0 Å². The van der Waals surface area contributed by atoms with Crippen LogP contribution < -0.4 is 4.57 Å². The van der Waals surface area contributed by atoms with Gasteiger partial charge in [-0.05, 0) is 25.2 Å². The van der Waals surface area contributed by atoms with Gasteiger partial charge in [-0.3, -0.25) is 4.79 Å². The molecule has 1 saturated carbocycles. The molecular formula is C12H20N3O+. The summed E-state index contributed by atoms with van der Waals surface area (Å²) >= 11 is 0. The number of ketones is 1. The molecule has 0 amide bonds. The summed E-state index contributed by atoms with van der Waals surface area (Å²) in [5.74, 6) is 0.941. The van der Waals surface area contributed by atoms with E-state index in [2.05, 4.69) is 23.5 Å². The van der Waals surface area contributed by atoms with Gasteiger partial charge < -0.3 is 0 Å². The van der Waals surface area contributed by atoms with Gasteiger partial charge in [0.05, 0.1) is 6.54 Å². The summed E-state index contributed by atoms with van der Waals surface area (Å²) in [5.41, 5.74) is 0. The van der Waals surface area contributed by atoms with E-state index in [1.165, 1.54) is 0 Å². The van der Waals surface area contributed by atoms with Gasteiger partial charge >= 0.3 is 0 Å². The van der Waals surface area contributed by atoms with E-state index in [1.54, 1.807) is 0 Å². The average molecular weight is 222 g/mol. The molecule has 88 valence electrons. The van der Waals surface area contributed by atoms with Crippen LogP contribution in [0.25, 0.3) is 0 Å². The lowest BCUT2D eigenvalue weighted by Crippen LogP contribution is -2.34. The van der Waals surface area contributed by atoms with Gasteiger partial charge in [-0.1, -0.05) is 13.8 Å². The maximum absolute atomic E-state index is 11.8. The first-order chi connectivity index (χ1) is 7.66. The minimum Gasteiger partial charge on any atom is -0.296 e. The third-order valence-corrected chi connectivity index (χ3v) is 3.02. The van der Waals surface area contributed by atoms with Crippen molar-refractivity contribution in [1.29, 1.82) is 0 Å². The van der Waals surface area contributed by atoms with Gasteiger partial charge in [0.25, 0.3) is 6.33 Å². The summed E-state index contributed by atoms with van der Waals surface area (Å²) < 4.78 is 3.90. The fourth-order valence-electron chi connectivity index (χ4n) is 2.26. The Morgan fingerprint density at radius 3 is 3.06 bits per heavy atom. The van der Waals surface area contributed by atoms with E-state index in [0.717, 1.165) is 25.8 Å². The van der Waals surface area contributed by atoms with Gasteiger partial charge in [-0.15, -0.1) is 4.68 Å². The first-order valence-corrected chi connectivity index (χ1v) is 6.12. The van der Waals surface area contributed by atoms with Crippen LogP contribution in [-0.2, 0) is 11.3 Å². The van der Waals surface area contributed by atoms with Crippen LogP contribution >= 0.6 is 0 Å². The number of hydrogen-bond donors (Lipinski definition) is 0. The molecule has 4 heteroatoms. The molecule has 0 spiro atoms. The normalized spacial score (nSPS) is 21.7. The van der Waals surface area contributed by atoms with E-state index in [9.17, 15) is 4.79 Å². The third-order valence-electron chi connectivity index (χ3n) is 3.02. The maximum atomic E-state index is 11.8. The van der Waals surface area contributed by atoms with Crippen molar-refractivity contribution in [3.8, 4) is 0 Å². The van der Waals surface area contributed by atoms with Crippen LogP contribution in [0.4, 0.5) is 0 Å². The highest BCUT2D eigenvalue weighted by Gasteiger charge is 2.29. The zero-order valence-corrected chi connectivity index (χ0v) is 10.1. The van der Waals surface area contributed by atoms with Crippen molar-refractivity contribution in [2.24, 2.45) is 5.92 Å². The van der Waals surface area contributed by atoms with Crippen molar-refractivity contribution in [3.63, 3.8) is 0 Å². The zero-order valence-electron chi connectivity index (χ0n) is 10.1. The molecule has 1 heterocycles. The van der Waals surface area contributed by atoms with E-state index in [0.29, 0.717) is 18.1 Å². The number of carbonyl (C=O) groups excluding carboxylic acids is 1. The molecule has 1 atom stereocenters. The largest absolute Gasteiger partial charge is 0.296 e.